The van der Waals surface area contributed by atoms with Crippen molar-refractivity contribution >= 4 is 34.0 Å². The van der Waals surface area contributed by atoms with Gasteiger partial charge in [0.25, 0.3) is 0 Å². The van der Waals surface area contributed by atoms with Crippen LogP contribution in [0.3, 0.4) is 0 Å². The van der Waals surface area contributed by atoms with Crippen LogP contribution < -0.4 is 18.9 Å². The summed E-state index contributed by atoms with van der Waals surface area (Å²) in [6.07, 6.45) is 5.17. The molecule has 4 heterocycles. The minimum absolute atomic E-state index is 0. The van der Waals surface area contributed by atoms with Crippen LogP contribution in [0.15, 0.2) is 85.2 Å². The molecule has 0 spiro atoms. The van der Waals surface area contributed by atoms with E-state index >= 15 is 0 Å². The maximum absolute atomic E-state index is 11.7. The van der Waals surface area contributed by atoms with Crippen molar-refractivity contribution in [2.45, 2.75) is 32.9 Å². The Labute approximate surface area is 259 Å². The summed E-state index contributed by atoms with van der Waals surface area (Å²) in [5, 5.41) is 17.6. The Bertz CT molecular complexity index is 1730. The normalized spacial score (nSPS) is 10.2. The molecule has 0 saturated carbocycles. The molecule has 2 aromatic carbocycles. The van der Waals surface area contributed by atoms with Crippen LogP contribution in [0, 0.1) is 0 Å². The minimum atomic E-state index is -0.953. The van der Waals surface area contributed by atoms with Gasteiger partial charge in [0.2, 0.25) is 0 Å². The number of aromatic nitrogens is 6. The van der Waals surface area contributed by atoms with Gasteiger partial charge in [-0.15, -0.1) is 0 Å². The van der Waals surface area contributed by atoms with Crippen molar-refractivity contribution in [1.82, 2.24) is 29.5 Å². The third-order valence-corrected chi connectivity index (χ3v) is 6.50. The van der Waals surface area contributed by atoms with Crippen molar-refractivity contribution < 1.29 is 49.2 Å². The fraction of sp³-hybridized carbons (Fsp3) is 0.200. The second-order valence-corrected chi connectivity index (χ2v) is 9.20. The van der Waals surface area contributed by atoms with E-state index in [0.717, 1.165) is 48.0 Å². The van der Waals surface area contributed by atoms with Crippen LogP contribution in [0.4, 0.5) is 0 Å². The minimum Gasteiger partial charge on any atom is -0.870 e. The summed E-state index contributed by atoms with van der Waals surface area (Å²) in [7, 11) is 0. The van der Waals surface area contributed by atoms with Gasteiger partial charge in [0.1, 0.15) is 11.4 Å². The first-order valence-electron chi connectivity index (χ1n) is 13.1. The molecule has 12 nitrogen and oxygen atoms in total. The number of fused-ring (bicyclic) bond motifs is 2. The molecular weight excluding hydrogens is 547 g/mol. The topological polar surface area (TPSA) is 192 Å². The van der Waals surface area contributed by atoms with Gasteiger partial charge in [0.05, 0.1) is 41.1 Å². The molecule has 13 heteroatoms. The average molecular weight is 581 g/mol. The Morgan fingerprint density at radius 3 is 1.67 bits per heavy atom. The zero-order chi connectivity index (χ0) is 27.9. The average Bonchev–Trinajstić information content (AvgIpc) is 3.74. The number of carboxylic acids is 1. The largest absolute Gasteiger partial charge is 1.00 e. The number of benzene rings is 2. The molecule has 0 aliphatic carbocycles. The van der Waals surface area contributed by atoms with E-state index in [1.54, 1.807) is 31.5 Å². The van der Waals surface area contributed by atoms with Gasteiger partial charge in [-0.05, 0) is 43.0 Å². The summed E-state index contributed by atoms with van der Waals surface area (Å²) in [4.78, 5) is 28.5. The first-order valence-corrected chi connectivity index (χ1v) is 13.1. The number of carbonyl (C=O) groups excluding carboxylic acids is 1. The van der Waals surface area contributed by atoms with Crippen molar-refractivity contribution in [1.29, 1.82) is 0 Å². The fourth-order valence-corrected chi connectivity index (χ4v) is 4.47. The number of ether oxygens (including phenoxy) is 1. The van der Waals surface area contributed by atoms with Crippen molar-refractivity contribution in [2.75, 3.05) is 6.61 Å². The molecule has 220 valence electrons. The first kappa shape index (κ1) is 34.6. The number of nitrogens with zero attached hydrogens (tertiary/aromatic N) is 4. The number of aryl methyl sites for hydroxylation is 4. The summed E-state index contributed by atoms with van der Waals surface area (Å²) in [6.45, 7) is 3.66. The molecule has 0 radical (unpaired) electrons. The number of carbonyl (C=O) groups is 2. The van der Waals surface area contributed by atoms with E-state index in [-0.39, 0.29) is 41.5 Å². The number of H-pyrrole nitrogens is 2. The van der Waals surface area contributed by atoms with Crippen LogP contribution in [0.2, 0.25) is 0 Å². The Hall–Kier alpha value is -4.60. The van der Waals surface area contributed by atoms with Crippen molar-refractivity contribution in [3.8, 4) is 0 Å². The Morgan fingerprint density at radius 2 is 1.23 bits per heavy atom. The summed E-state index contributed by atoms with van der Waals surface area (Å²) >= 11 is 0. The van der Waals surface area contributed by atoms with E-state index < -0.39 is 5.97 Å². The van der Waals surface area contributed by atoms with Crippen molar-refractivity contribution in [3.63, 3.8) is 0 Å². The quantitative estimate of drug-likeness (QED) is 0.168. The molecule has 6 rings (SSSR count). The molecular formula is C30H33LiN6O6. The van der Waals surface area contributed by atoms with Gasteiger partial charge in [-0.2, -0.15) is 10.2 Å². The van der Waals surface area contributed by atoms with E-state index in [1.165, 1.54) is 11.1 Å². The van der Waals surface area contributed by atoms with E-state index in [9.17, 15) is 9.59 Å². The molecule has 43 heavy (non-hydrogen) atoms. The number of carboxylic acid groups (broad SMARTS) is 1. The van der Waals surface area contributed by atoms with Crippen LogP contribution in [-0.4, -0.2) is 64.1 Å². The zero-order valence-corrected chi connectivity index (χ0v) is 24.0. The molecule has 0 bridgehead atoms. The molecule has 0 fully saturated rings. The third kappa shape index (κ3) is 8.47. The Morgan fingerprint density at radius 1 is 0.791 bits per heavy atom. The maximum atomic E-state index is 11.7. The van der Waals surface area contributed by atoms with Gasteiger partial charge in [-0.3, -0.25) is 9.36 Å². The first-order chi connectivity index (χ1) is 19.5. The smallest absolute Gasteiger partial charge is 0.870 e. The number of hydrogen-bond acceptors (Lipinski definition) is 6. The Balaban J connectivity index is 0.000000282. The van der Waals surface area contributed by atoms with Crippen LogP contribution in [0.1, 0.15) is 39.0 Å². The second kappa shape index (κ2) is 16.1. The van der Waals surface area contributed by atoms with Gasteiger partial charge in [-0.1, -0.05) is 60.7 Å². The van der Waals surface area contributed by atoms with Crippen molar-refractivity contribution in [3.05, 3.63) is 108 Å². The molecule has 0 aliphatic heterocycles. The van der Waals surface area contributed by atoms with Crippen LogP contribution in [0.25, 0.3) is 22.1 Å². The van der Waals surface area contributed by atoms with E-state index in [1.807, 2.05) is 45.8 Å². The number of rotatable bonds is 9. The SMILES string of the molecule is CCOC(=O)c1cc2c(cnn2CCc2ccccc2)[nH]1.O.O=C(O)c1cc2c(cnn2CCc2ccccc2)[nH]1.[Li+].[OH-]. The molecule has 0 amide bonds. The number of nitrogens with one attached hydrogen (secondary N) is 2. The van der Waals surface area contributed by atoms with Crippen LogP contribution in [0.5, 0.6) is 0 Å². The maximum Gasteiger partial charge on any atom is 1.00 e. The molecule has 0 unspecified atom stereocenters. The molecule has 0 saturated heterocycles. The molecule has 6 aromatic rings. The summed E-state index contributed by atoms with van der Waals surface area (Å²) in [5.74, 6) is -1.28. The second-order valence-electron chi connectivity index (χ2n) is 9.20. The van der Waals surface area contributed by atoms with Crippen molar-refractivity contribution in [2.24, 2.45) is 0 Å². The molecule has 0 atom stereocenters. The van der Waals surface area contributed by atoms with Crippen LogP contribution >= 0.6 is 0 Å². The predicted molar refractivity (Wildman–Crippen MR) is 157 cm³/mol. The van der Waals surface area contributed by atoms with Gasteiger partial charge in [0.15, 0.2) is 0 Å². The van der Waals surface area contributed by atoms with Crippen LogP contribution in [-0.2, 0) is 30.7 Å². The number of hydrogen-bond donors (Lipinski definition) is 3. The van der Waals surface area contributed by atoms with Gasteiger partial charge in [0, 0.05) is 13.1 Å². The predicted octanol–water partition coefficient (Wildman–Crippen LogP) is 1.09. The molecule has 4 aromatic heterocycles. The van der Waals surface area contributed by atoms with Gasteiger partial charge >= 0.3 is 30.8 Å². The molecule has 0 aliphatic rings. The van der Waals surface area contributed by atoms with E-state index in [4.69, 9.17) is 9.84 Å². The third-order valence-electron chi connectivity index (χ3n) is 6.50. The van der Waals surface area contributed by atoms with E-state index in [0.29, 0.717) is 12.3 Å². The summed E-state index contributed by atoms with van der Waals surface area (Å²) in [6, 6.07) is 23.8. The summed E-state index contributed by atoms with van der Waals surface area (Å²) in [5.41, 5.74) is 6.53. The zero-order valence-electron chi connectivity index (χ0n) is 24.0. The molecule has 6 N–H and O–H groups in total. The number of esters is 1. The number of aromatic carboxylic acids is 1. The Kier molecular flexibility index (Phi) is 13.0. The fourth-order valence-electron chi connectivity index (χ4n) is 4.47. The van der Waals surface area contributed by atoms with Gasteiger partial charge < -0.3 is 30.8 Å². The standard InChI is InChI=1S/C16H17N3O2.C14H13N3O2.Li.2H2O/c1-2-21-16(20)13-10-15-14(18-13)11-17-19(15)9-8-12-6-4-3-5-7-12;18-14(19)11-8-13-12(16-11)9-15-17(13)7-6-10-4-2-1-3-5-10;;;/h3-7,10-11,18H,2,8-9H2,1H3;1-5,8-9,16H,6-7H2,(H,18,19);;2*1H2/q;;+1;;/p-1. The number of aromatic amines is 2. The monoisotopic (exact) mass is 580 g/mol. The summed E-state index contributed by atoms with van der Waals surface area (Å²) < 4.78 is 8.73. The van der Waals surface area contributed by atoms with E-state index in [2.05, 4.69) is 44.4 Å². The van der Waals surface area contributed by atoms with Gasteiger partial charge in [-0.25, -0.2) is 9.59 Å².